The molecule has 0 saturated carbocycles. The number of hydrogen-bond donors (Lipinski definition) is 4. The molecule has 1 aliphatic heterocycles. The number of aromatic nitrogens is 6. The number of nitrogens with one attached hydrogen (secondary N) is 2. The van der Waals surface area contributed by atoms with Crippen molar-refractivity contribution >= 4 is 33.6 Å². The molecule has 0 unspecified atom stereocenters. The van der Waals surface area contributed by atoms with E-state index in [0.717, 1.165) is 16.7 Å². The van der Waals surface area contributed by atoms with Crippen LogP contribution >= 0.6 is 0 Å². The number of nitrogens with zero attached hydrogens (tertiary/aromatic N) is 5. The molecule has 0 radical (unpaired) electrons. The number of rotatable bonds is 6. The van der Waals surface area contributed by atoms with E-state index >= 15 is 4.39 Å². The molecule has 6 rings (SSSR count). The number of ether oxygens (including phenoxy) is 2. The van der Waals surface area contributed by atoms with Crippen molar-refractivity contribution in [1.82, 2.24) is 29.7 Å². The molecule has 0 spiro atoms. The van der Waals surface area contributed by atoms with Crippen molar-refractivity contribution in [2.75, 3.05) is 24.7 Å². The quantitative estimate of drug-likeness (QED) is 0.282. The average Bonchev–Trinajstić information content (AvgIpc) is 3.62. The third-order valence-electron chi connectivity index (χ3n) is 6.32. The van der Waals surface area contributed by atoms with Crippen molar-refractivity contribution in [1.29, 1.82) is 0 Å². The van der Waals surface area contributed by atoms with Crippen molar-refractivity contribution < 1.29 is 19.0 Å². The summed E-state index contributed by atoms with van der Waals surface area (Å²) in [7, 11) is 1.79. The largest absolute Gasteiger partial charge is 0.491 e. The number of fused-ring (bicyclic) bond motifs is 2. The molecule has 0 amide bonds. The van der Waals surface area contributed by atoms with E-state index < -0.39 is 24.6 Å². The number of pyridine rings is 1. The predicted octanol–water partition coefficient (Wildman–Crippen LogP) is 2.67. The number of hydrogen-bond acceptors (Lipinski definition) is 9. The van der Waals surface area contributed by atoms with Gasteiger partial charge in [0, 0.05) is 36.5 Å². The standard InChI is InChI=1S/C24H23FN8O3/c1-27-18-5-3-12-2-4-13(8-16(12)31-18)35-10-17-21(34)20(25)24(36-17)33-9-14(15-6-7-30-32-15)19-22(26)28-11-29-23(19)33/h2-9,11,17,20-21,24,34H,10H2,1H3,(H,27,31)(H,30,32)(H2,26,28,29)/t17-,20+,21-,24-/m1/s1. The summed E-state index contributed by atoms with van der Waals surface area (Å²) in [5.41, 5.74) is 8.46. The molecule has 36 heavy (non-hydrogen) atoms. The monoisotopic (exact) mass is 490 g/mol. The molecule has 1 aromatic carbocycles. The van der Waals surface area contributed by atoms with Crippen LogP contribution in [0.15, 0.2) is 55.1 Å². The Hall–Kier alpha value is -4.29. The third-order valence-corrected chi connectivity index (χ3v) is 6.32. The third kappa shape index (κ3) is 3.67. The second-order valence-corrected chi connectivity index (χ2v) is 8.48. The molecule has 5 heterocycles. The first kappa shape index (κ1) is 22.2. The second kappa shape index (κ2) is 8.73. The molecule has 1 fully saturated rings. The summed E-state index contributed by atoms with van der Waals surface area (Å²) >= 11 is 0. The lowest BCUT2D eigenvalue weighted by Gasteiger charge is -2.17. The molecule has 5 N–H and O–H groups in total. The maximum atomic E-state index is 15.4. The molecular weight excluding hydrogens is 467 g/mol. The number of nitrogen functional groups attached to an aromatic ring is 1. The number of H-pyrrole nitrogens is 1. The molecule has 1 aliphatic rings. The molecule has 184 valence electrons. The van der Waals surface area contributed by atoms with Crippen molar-refractivity contribution in [3.05, 3.63) is 55.1 Å². The average molecular weight is 490 g/mol. The lowest BCUT2D eigenvalue weighted by Crippen LogP contribution is -2.32. The number of halogens is 1. The summed E-state index contributed by atoms with van der Waals surface area (Å²) in [6, 6.07) is 11.1. The van der Waals surface area contributed by atoms with Gasteiger partial charge in [0.25, 0.3) is 0 Å². The van der Waals surface area contributed by atoms with Crippen LogP contribution in [0.3, 0.4) is 0 Å². The first-order chi connectivity index (χ1) is 17.5. The fourth-order valence-electron chi connectivity index (χ4n) is 4.48. The van der Waals surface area contributed by atoms with E-state index in [1.807, 2.05) is 18.2 Å². The van der Waals surface area contributed by atoms with E-state index in [9.17, 15) is 5.11 Å². The van der Waals surface area contributed by atoms with Crippen LogP contribution in [0, 0.1) is 0 Å². The SMILES string of the molecule is CNc1ccc2ccc(OC[C@H]3O[C@@H](n4cc(-c5cc[nH]n5)c5c(N)ncnc54)[C@@H](F)[C@@H]3O)cc2n1. The van der Waals surface area contributed by atoms with Crippen LogP contribution in [-0.4, -0.2) is 66.9 Å². The van der Waals surface area contributed by atoms with E-state index in [-0.39, 0.29) is 12.4 Å². The Morgan fingerprint density at radius 3 is 2.92 bits per heavy atom. The van der Waals surface area contributed by atoms with Crippen LogP contribution in [0.5, 0.6) is 5.75 Å². The van der Waals surface area contributed by atoms with Gasteiger partial charge < -0.3 is 30.2 Å². The fourth-order valence-corrected chi connectivity index (χ4v) is 4.48. The molecule has 5 aromatic rings. The zero-order valence-corrected chi connectivity index (χ0v) is 19.2. The smallest absolute Gasteiger partial charge is 0.173 e. The van der Waals surface area contributed by atoms with Gasteiger partial charge in [0.1, 0.15) is 48.2 Å². The summed E-state index contributed by atoms with van der Waals surface area (Å²) in [6.45, 7) is -0.0577. The van der Waals surface area contributed by atoms with Crippen molar-refractivity contribution in [3.8, 4) is 17.0 Å². The Balaban J connectivity index is 1.26. The number of nitrogens with two attached hydrogens (primary N) is 1. The minimum absolute atomic E-state index is 0.0577. The van der Waals surface area contributed by atoms with Crippen LogP contribution < -0.4 is 15.8 Å². The summed E-state index contributed by atoms with van der Waals surface area (Å²) in [5.74, 6) is 1.50. The Labute approximate surface area is 204 Å². The molecule has 12 heteroatoms. The predicted molar refractivity (Wildman–Crippen MR) is 131 cm³/mol. The molecule has 4 atom stereocenters. The Kier molecular flexibility index (Phi) is 5.38. The van der Waals surface area contributed by atoms with Crippen LogP contribution in [0.25, 0.3) is 33.2 Å². The highest BCUT2D eigenvalue weighted by molar-refractivity contribution is 5.99. The Bertz CT molecular complexity index is 1540. The van der Waals surface area contributed by atoms with Gasteiger partial charge in [-0.3, -0.25) is 5.10 Å². The summed E-state index contributed by atoms with van der Waals surface area (Å²) in [6.07, 6.45) is -0.565. The van der Waals surface area contributed by atoms with E-state index in [0.29, 0.717) is 28.0 Å². The van der Waals surface area contributed by atoms with Crippen LogP contribution in [0.4, 0.5) is 16.0 Å². The van der Waals surface area contributed by atoms with Crippen molar-refractivity contribution in [2.24, 2.45) is 0 Å². The molecule has 0 bridgehead atoms. The summed E-state index contributed by atoms with van der Waals surface area (Å²) < 4.78 is 28.7. The Morgan fingerprint density at radius 2 is 2.11 bits per heavy atom. The van der Waals surface area contributed by atoms with Gasteiger partial charge in [-0.1, -0.05) is 0 Å². The number of benzene rings is 1. The van der Waals surface area contributed by atoms with Gasteiger partial charge in [0.15, 0.2) is 12.4 Å². The number of aromatic amines is 1. The molecule has 4 aromatic heterocycles. The van der Waals surface area contributed by atoms with Crippen LogP contribution in [0.2, 0.25) is 0 Å². The van der Waals surface area contributed by atoms with Gasteiger partial charge in [-0.15, -0.1) is 0 Å². The zero-order valence-electron chi connectivity index (χ0n) is 19.2. The number of aliphatic hydroxyl groups excluding tert-OH is 1. The topological polar surface area (TPSA) is 149 Å². The molecule has 11 nitrogen and oxygen atoms in total. The highest BCUT2D eigenvalue weighted by Gasteiger charge is 2.46. The second-order valence-electron chi connectivity index (χ2n) is 8.48. The van der Waals surface area contributed by atoms with Crippen molar-refractivity contribution in [2.45, 2.75) is 24.6 Å². The maximum Gasteiger partial charge on any atom is 0.173 e. The first-order valence-electron chi connectivity index (χ1n) is 11.3. The summed E-state index contributed by atoms with van der Waals surface area (Å²) in [4.78, 5) is 12.9. The van der Waals surface area contributed by atoms with E-state index in [1.54, 1.807) is 37.6 Å². The van der Waals surface area contributed by atoms with Gasteiger partial charge >= 0.3 is 0 Å². The fraction of sp³-hybridized carbons (Fsp3) is 0.250. The lowest BCUT2D eigenvalue weighted by molar-refractivity contribution is -0.0410. The Morgan fingerprint density at radius 1 is 1.25 bits per heavy atom. The lowest BCUT2D eigenvalue weighted by atomic mass is 10.1. The van der Waals surface area contributed by atoms with E-state index in [1.165, 1.54) is 10.9 Å². The molecule has 0 aliphatic carbocycles. The minimum atomic E-state index is -1.73. The number of alkyl halides is 1. The van der Waals surface area contributed by atoms with E-state index in [2.05, 4.69) is 30.5 Å². The van der Waals surface area contributed by atoms with Gasteiger partial charge in [0.05, 0.1) is 16.6 Å². The molecular formula is C24H23FN8O3. The highest BCUT2D eigenvalue weighted by atomic mass is 19.1. The van der Waals surface area contributed by atoms with Gasteiger partial charge in [-0.25, -0.2) is 19.3 Å². The van der Waals surface area contributed by atoms with Gasteiger partial charge in [-0.05, 0) is 30.3 Å². The first-order valence-corrected chi connectivity index (χ1v) is 11.3. The number of aliphatic hydroxyl groups is 1. The highest BCUT2D eigenvalue weighted by Crippen LogP contribution is 2.39. The normalized spacial score (nSPS) is 21.9. The minimum Gasteiger partial charge on any atom is -0.491 e. The number of anilines is 2. The van der Waals surface area contributed by atoms with E-state index in [4.69, 9.17) is 15.2 Å². The summed E-state index contributed by atoms with van der Waals surface area (Å²) in [5, 5.41) is 22.1. The van der Waals surface area contributed by atoms with Gasteiger partial charge in [-0.2, -0.15) is 5.10 Å². The van der Waals surface area contributed by atoms with Crippen LogP contribution in [0.1, 0.15) is 6.23 Å². The van der Waals surface area contributed by atoms with Gasteiger partial charge in [0.2, 0.25) is 0 Å². The molecule has 1 saturated heterocycles. The van der Waals surface area contributed by atoms with Crippen molar-refractivity contribution in [3.63, 3.8) is 0 Å². The zero-order chi connectivity index (χ0) is 24.8. The maximum absolute atomic E-state index is 15.4. The van der Waals surface area contributed by atoms with Crippen LogP contribution in [-0.2, 0) is 4.74 Å².